The molecular formula is C12H16N4O2. The van der Waals surface area contributed by atoms with E-state index in [0.717, 1.165) is 13.1 Å². The third kappa shape index (κ3) is 3.71. The summed E-state index contributed by atoms with van der Waals surface area (Å²) in [6.45, 7) is 4.55. The van der Waals surface area contributed by atoms with Gasteiger partial charge in [0.2, 0.25) is 0 Å². The number of benzene rings is 1. The van der Waals surface area contributed by atoms with Gasteiger partial charge in [0.15, 0.2) is 0 Å². The molecule has 0 spiro atoms. The molecule has 1 N–H and O–H groups in total. The number of nitrogens with zero attached hydrogens (tertiary/aromatic N) is 3. The highest BCUT2D eigenvalue weighted by Gasteiger charge is 2.10. The fourth-order valence-electron chi connectivity index (χ4n) is 1.43. The van der Waals surface area contributed by atoms with Crippen molar-refractivity contribution in [3.8, 4) is 6.07 Å². The van der Waals surface area contributed by atoms with Crippen LogP contribution < -0.4 is 5.32 Å². The summed E-state index contributed by atoms with van der Waals surface area (Å²) < 4.78 is 0. The van der Waals surface area contributed by atoms with Crippen LogP contribution in [0, 0.1) is 21.4 Å². The summed E-state index contributed by atoms with van der Waals surface area (Å²) in [6.07, 6.45) is 0. The van der Waals surface area contributed by atoms with Crippen molar-refractivity contribution in [3.05, 3.63) is 33.9 Å². The Balaban J connectivity index is 2.72. The molecule has 1 aromatic rings. The number of non-ortho nitro benzene ring substituents is 1. The van der Waals surface area contributed by atoms with E-state index in [1.807, 2.05) is 13.1 Å². The van der Waals surface area contributed by atoms with E-state index in [1.165, 1.54) is 12.1 Å². The molecule has 0 heterocycles. The second kappa shape index (κ2) is 6.57. The molecular weight excluding hydrogens is 232 g/mol. The molecule has 0 atom stereocenters. The van der Waals surface area contributed by atoms with E-state index in [9.17, 15) is 10.1 Å². The molecule has 6 heteroatoms. The highest BCUT2D eigenvalue weighted by atomic mass is 16.6. The van der Waals surface area contributed by atoms with Gasteiger partial charge in [-0.1, -0.05) is 6.92 Å². The molecule has 1 rings (SSSR count). The molecule has 0 aromatic heterocycles. The van der Waals surface area contributed by atoms with E-state index in [2.05, 4.69) is 17.1 Å². The van der Waals surface area contributed by atoms with Crippen LogP contribution >= 0.6 is 0 Å². The van der Waals surface area contributed by atoms with Gasteiger partial charge in [0, 0.05) is 25.2 Å². The summed E-state index contributed by atoms with van der Waals surface area (Å²) in [7, 11) is 2.00. The number of hydrogen-bond donors (Lipinski definition) is 1. The number of likely N-dealkylation sites (N-methyl/N-ethyl adjacent to an activating group) is 1. The fraction of sp³-hybridized carbons (Fsp3) is 0.417. The lowest BCUT2D eigenvalue weighted by atomic mass is 10.1. The van der Waals surface area contributed by atoms with E-state index in [4.69, 9.17) is 5.26 Å². The van der Waals surface area contributed by atoms with E-state index < -0.39 is 4.92 Å². The van der Waals surface area contributed by atoms with Gasteiger partial charge in [-0.15, -0.1) is 0 Å². The standard InChI is InChI=1S/C12H16N4O2/c1-3-15(2)7-6-14-12-5-4-11(16(17)18)8-10(12)9-13/h4-5,8,14H,3,6-7H2,1-2H3. The maximum atomic E-state index is 10.6. The van der Waals surface area contributed by atoms with Gasteiger partial charge in [-0.25, -0.2) is 0 Å². The number of hydrogen-bond acceptors (Lipinski definition) is 5. The first-order chi connectivity index (χ1) is 8.58. The summed E-state index contributed by atoms with van der Waals surface area (Å²) in [5.74, 6) is 0. The highest BCUT2D eigenvalue weighted by Crippen LogP contribution is 2.21. The van der Waals surface area contributed by atoms with Gasteiger partial charge in [-0.3, -0.25) is 10.1 Å². The SMILES string of the molecule is CCN(C)CCNc1ccc([N+](=O)[O-])cc1C#N. The number of nitro groups is 1. The lowest BCUT2D eigenvalue weighted by Gasteiger charge is -2.15. The van der Waals surface area contributed by atoms with Gasteiger partial charge >= 0.3 is 0 Å². The predicted octanol–water partition coefficient (Wildman–Crippen LogP) is 1.83. The second-order valence-electron chi connectivity index (χ2n) is 3.92. The molecule has 0 saturated carbocycles. The molecule has 0 amide bonds. The molecule has 0 saturated heterocycles. The van der Waals surface area contributed by atoms with Crippen LogP contribution in [0.3, 0.4) is 0 Å². The zero-order valence-corrected chi connectivity index (χ0v) is 10.5. The Kier molecular flexibility index (Phi) is 5.08. The second-order valence-corrected chi connectivity index (χ2v) is 3.92. The van der Waals surface area contributed by atoms with Crippen molar-refractivity contribution >= 4 is 11.4 Å². The predicted molar refractivity (Wildman–Crippen MR) is 69.5 cm³/mol. The number of nitriles is 1. The van der Waals surface area contributed by atoms with Crippen molar-refractivity contribution < 1.29 is 4.92 Å². The molecule has 18 heavy (non-hydrogen) atoms. The Morgan fingerprint density at radius 2 is 2.28 bits per heavy atom. The fourth-order valence-corrected chi connectivity index (χ4v) is 1.43. The third-order valence-corrected chi connectivity index (χ3v) is 2.68. The number of nitrogens with one attached hydrogen (secondary N) is 1. The molecule has 1 aromatic carbocycles. The summed E-state index contributed by atoms with van der Waals surface area (Å²) >= 11 is 0. The topological polar surface area (TPSA) is 82.2 Å². The summed E-state index contributed by atoms with van der Waals surface area (Å²) in [4.78, 5) is 12.2. The lowest BCUT2D eigenvalue weighted by molar-refractivity contribution is -0.384. The molecule has 0 aliphatic heterocycles. The van der Waals surface area contributed by atoms with Crippen LogP contribution in [0.25, 0.3) is 0 Å². The largest absolute Gasteiger partial charge is 0.383 e. The van der Waals surface area contributed by atoms with E-state index in [0.29, 0.717) is 17.8 Å². The maximum Gasteiger partial charge on any atom is 0.270 e. The molecule has 0 radical (unpaired) electrons. The Bertz CT molecular complexity index is 468. The van der Waals surface area contributed by atoms with Crippen LogP contribution in [0.1, 0.15) is 12.5 Å². The van der Waals surface area contributed by atoms with Gasteiger partial charge in [0.1, 0.15) is 6.07 Å². The third-order valence-electron chi connectivity index (χ3n) is 2.68. The molecule has 0 unspecified atom stereocenters. The van der Waals surface area contributed by atoms with E-state index in [1.54, 1.807) is 6.07 Å². The first kappa shape index (κ1) is 13.9. The van der Waals surface area contributed by atoms with Crippen LogP contribution in [0.15, 0.2) is 18.2 Å². The zero-order chi connectivity index (χ0) is 13.5. The average Bonchev–Trinajstić information content (AvgIpc) is 2.38. The molecule has 0 fully saturated rings. The van der Waals surface area contributed by atoms with Gasteiger partial charge in [0.05, 0.1) is 16.2 Å². The smallest absolute Gasteiger partial charge is 0.270 e. The first-order valence-electron chi connectivity index (χ1n) is 5.69. The van der Waals surface area contributed by atoms with Crippen molar-refractivity contribution in [3.63, 3.8) is 0 Å². The van der Waals surface area contributed by atoms with Crippen LogP contribution in [0.5, 0.6) is 0 Å². The molecule has 0 bridgehead atoms. The molecule has 6 nitrogen and oxygen atoms in total. The van der Waals surface area contributed by atoms with Crippen molar-refractivity contribution in [2.45, 2.75) is 6.92 Å². The summed E-state index contributed by atoms with van der Waals surface area (Å²) in [6, 6.07) is 6.21. The van der Waals surface area contributed by atoms with Gasteiger partial charge in [-0.2, -0.15) is 5.26 Å². The minimum absolute atomic E-state index is 0.0669. The summed E-state index contributed by atoms with van der Waals surface area (Å²) in [5.41, 5.74) is 0.860. The maximum absolute atomic E-state index is 10.6. The van der Waals surface area contributed by atoms with Crippen molar-refractivity contribution in [1.82, 2.24) is 4.90 Å². The van der Waals surface area contributed by atoms with Crippen LogP contribution in [0.2, 0.25) is 0 Å². The first-order valence-corrected chi connectivity index (χ1v) is 5.69. The number of anilines is 1. The van der Waals surface area contributed by atoms with Gasteiger partial charge in [-0.05, 0) is 19.7 Å². The van der Waals surface area contributed by atoms with Gasteiger partial charge in [0.25, 0.3) is 5.69 Å². The van der Waals surface area contributed by atoms with Crippen molar-refractivity contribution in [2.24, 2.45) is 0 Å². The van der Waals surface area contributed by atoms with Crippen molar-refractivity contribution in [1.29, 1.82) is 5.26 Å². The molecule has 0 aliphatic carbocycles. The average molecular weight is 248 g/mol. The number of nitro benzene ring substituents is 1. The Morgan fingerprint density at radius 3 is 2.83 bits per heavy atom. The minimum Gasteiger partial charge on any atom is -0.383 e. The lowest BCUT2D eigenvalue weighted by Crippen LogP contribution is -2.24. The van der Waals surface area contributed by atoms with E-state index >= 15 is 0 Å². The van der Waals surface area contributed by atoms with Crippen LogP contribution in [-0.4, -0.2) is 36.5 Å². The molecule has 96 valence electrons. The highest BCUT2D eigenvalue weighted by molar-refractivity contribution is 5.61. The Labute approximate surface area is 106 Å². The number of rotatable bonds is 6. The summed E-state index contributed by atoms with van der Waals surface area (Å²) in [5, 5.41) is 22.7. The van der Waals surface area contributed by atoms with Crippen molar-refractivity contribution in [2.75, 3.05) is 32.0 Å². The zero-order valence-electron chi connectivity index (χ0n) is 10.5. The quantitative estimate of drug-likeness (QED) is 0.613. The van der Waals surface area contributed by atoms with Crippen LogP contribution in [-0.2, 0) is 0 Å². The normalized spacial score (nSPS) is 10.1. The monoisotopic (exact) mass is 248 g/mol. The Hall–Kier alpha value is -2.13. The van der Waals surface area contributed by atoms with Gasteiger partial charge < -0.3 is 10.2 Å². The minimum atomic E-state index is -0.504. The van der Waals surface area contributed by atoms with Crippen LogP contribution in [0.4, 0.5) is 11.4 Å². The Morgan fingerprint density at radius 1 is 1.56 bits per heavy atom. The molecule has 0 aliphatic rings. The van der Waals surface area contributed by atoms with E-state index in [-0.39, 0.29) is 5.69 Å².